The third kappa shape index (κ3) is 7.81. The Morgan fingerprint density at radius 1 is 1.11 bits per heavy atom. The molecule has 0 heterocycles. The zero-order chi connectivity index (χ0) is 26.9. The monoisotopic (exact) mass is 585 g/mol. The number of amides is 2. The van der Waals surface area contributed by atoms with Crippen LogP contribution in [0.4, 0.5) is 0 Å². The van der Waals surface area contributed by atoms with Gasteiger partial charge in [-0.2, -0.15) is 5.10 Å². The highest BCUT2D eigenvalue weighted by atomic mass is 79.9. The number of carbonyl (C=O) groups is 2. The quantitative estimate of drug-likeness (QED) is 0.229. The topological polar surface area (TPSA) is 89.0 Å². The second-order valence-electron chi connectivity index (χ2n) is 8.72. The lowest BCUT2D eigenvalue weighted by molar-refractivity contribution is -0.123. The fraction of sp³-hybridized carbons (Fsp3) is 0.250. The van der Waals surface area contributed by atoms with E-state index in [-0.39, 0.29) is 5.92 Å². The first-order valence-electron chi connectivity index (χ1n) is 11.6. The van der Waals surface area contributed by atoms with Crippen molar-refractivity contribution < 1.29 is 19.1 Å². The number of hydrazone groups is 1. The lowest BCUT2D eigenvalue weighted by Gasteiger charge is -2.20. The molecule has 1 atom stereocenters. The first-order chi connectivity index (χ1) is 17.7. The Morgan fingerprint density at radius 3 is 2.46 bits per heavy atom. The number of hydrogen-bond acceptors (Lipinski definition) is 5. The number of methoxy groups -OCH3 is 1. The molecule has 37 heavy (non-hydrogen) atoms. The van der Waals surface area contributed by atoms with Gasteiger partial charge in [0.05, 0.1) is 28.4 Å². The van der Waals surface area contributed by atoms with Gasteiger partial charge in [0.25, 0.3) is 11.8 Å². The van der Waals surface area contributed by atoms with E-state index in [0.717, 1.165) is 5.56 Å². The molecule has 0 aliphatic carbocycles. The average Bonchev–Trinajstić information content (AvgIpc) is 2.87. The largest absolute Gasteiger partial charge is 0.493 e. The van der Waals surface area contributed by atoms with Crippen LogP contribution in [0.5, 0.6) is 11.5 Å². The third-order valence-electron chi connectivity index (χ3n) is 5.50. The highest BCUT2D eigenvalue weighted by Gasteiger charge is 2.25. The van der Waals surface area contributed by atoms with Crippen LogP contribution < -0.4 is 20.2 Å². The SMILES string of the molecule is COc1cc(/C=N\NC(=O)C(NC(=O)c2ccccc2Cl)C(C)C)cc(Br)c1OCc1ccc(C)cc1. The molecule has 0 aliphatic heterocycles. The van der Waals surface area contributed by atoms with E-state index in [4.69, 9.17) is 21.1 Å². The van der Waals surface area contributed by atoms with Crippen molar-refractivity contribution in [2.45, 2.75) is 33.4 Å². The van der Waals surface area contributed by atoms with E-state index in [1.807, 2.05) is 51.1 Å². The van der Waals surface area contributed by atoms with E-state index >= 15 is 0 Å². The van der Waals surface area contributed by atoms with Crippen molar-refractivity contribution in [3.05, 3.63) is 92.4 Å². The van der Waals surface area contributed by atoms with Crippen LogP contribution in [0.3, 0.4) is 0 Å². The van der Waals surface area contributed by atoms with Crippen molar-refractivity contribution in [1.82, 2.24) is 10.7 Å². The van der Waals surface area contributed by atoms with E-state index in [1.165, 1.54) is 11.8 Å². The lowest BCUT2D eigenvalue weighted by Crippen LogP contribution is -2.48. The first kappa shape index (κ1) is 28.2. The molecular formula is C28H29BrClN3O4. The van der Waals surface area contributed by atoms with Gasteiger partial charge >= 0.3 is 0 Å². The average molecular weight is 587 g/mol. The van der Waals surface area contributed by atoms with Gasteiger partial charge in [0, 0.05) is 0 Å². The molecule has 2 N–H and O–H groups in total. The molecule has 3 aromatic carbocycles. The van der Waals surface area contributed by atoms with Gasteiger partial charge in [0.15, 0.2) is 11.5 Å². The minimum Gasteiger partial charge on any atom is -0.493 e. The van der Waals surface area contributed by atoms with E-state index < -0.39 is 17.9 Å². The molecule has 7 nitrogen and oxygen atoms in total. The molecule has 1 unspecified atom stereocenters. The molecule has 0 aromatic heterocycles. The van der Waals surface area contributed by atoms with Crippen molar-refractivity contribution in [3.8, 4) is 11.5 Å². The number of ether oxygens (including phenoxy) is 2. The van der Waals surface area contributed by atoms with E-state index in [9.17, 15) is 9.59 Å². The molecule has 0 bridgehead atoms. The van der Waals surface area contributed by atoms with Crippen molar-refractivity contribution in [3.63, 3.8) is 0 Å². The van der Waals surface area contributed by atoms with Gasteiger partial charge in [0.1, 0.15) is 12.6 Å². The van der Waals surface area contributed by atoms with Crippen molar-refractivity contribution in [2.75, 3.05) is 7.11 Å². The zero-order valence-electron chi connectivity index (χ0n) is 21.0. The second kappa shape index (κ2) is 13.3. The fourth-order valence-electron chi connectivity index (χ4n) is 3.43. The minimum absolute atomic E-state index is 0.180. The van der Waals surface area contributed by atoms with Crippen molar-refractivity contribution >= 4 is 45.6 Å². The standard InChI is InChI=1S/C28H29BrClN3O4/c1-17(2)25(32-27(34)21-7-5-6-8-23(21)30)28(35)33-31-15-20-13-22(29)26(24(14-20)36-4)37-16-19-11-9-18(3)10-12-19/h5-15,17,25H,16H2,1-4H3,(H,32,34)(H,33,35)/b31-15-. The fourth-order valence-corrected chi connectivity index (χ4v) is 4.23. The predicted molar refractivity (Wildman–Crippen MR) is 149 cm³/mol. The molecule has 3 aromatic rings. The van der Waals surface area contributed by atoms with Crippen LogP contribution in [0.15, 0.2) is 70.2 Å². The molecule has 0 radical (unpaired) electrons. The van der Waals surface area contributed by atoms with E-state index in [1.54, 1.807) is 37.4 Å². The smallest absolute Gasteiger partial charge is 0.262 e. The number of nitrogens with one attached hydrogen (secondary N) is 2. The normalized spacial score (nSPS) is 11.9. The zero-order valence-corrected chi connectivity index (χ0v) is 23.4. The lowest BCUT2D eigenvalue weighted by atomic mass is 10.0. The molecule has 194 valence electrons. The molecular weight excluding hydrogens is 558 g/mol. The first-order valence-corrected chi connectivity index (χ1v) is 12.8. The van der Waals surface area contributed by atoms with Crippen LogP contribution in [0.25, 0.3) is 0 Å². The summed E-state index contributed by atoms with van der Waals surface area (Å²) < 4.78 is 12.2. The Morgan fingerprint density at radius 2 is 1.81 bits per heavy atom. The van der Waals surface area contributed by atoms with Gasteiger partial charge in [-0.05, 0) is 64.2 Å². The number of rotatable bonds is 10. The number of hydrogen-bond donors (Lipinski definition) is 2. The van der Waals surface area contributed by atoms with Gasteiger partial charge < -0.3 is 14.8 Å². The Bertz CT molecular complexity index is 1280. The number of aryl methyl sites for hydroxylation is 1. The van der Waals surface area contributed by atoms with Crippen LogP contribution in [-0.4, -0.2) is 31.2 Å². The summed E-state index contributed by atoms with van der Waals surface area (Å²) in [6, 6.07) is 17.5. The molecule has 0 saturated heterocycles. The highest BCUT2D eigenvalue weighted by Crippen LogP contribution is 2.36. The van der Waals surface area contributed by atoms with Gasteiger partial charge in [-0.15, -0.1) is 0 Å². The summed E-state index contributed by atoms with van der Waals surface area (Å²) in [5, 5.41) is 7.12. The van der Waals surface area contributed by atoms with Gasteiger partial charge in [-0.3, -0.25) is 9.59 Å². The maximum absolute atomic E-state index is 12.8. The summed E-state index contributed by atoms with van der Waals surface area (Å²) in [5.41, 5.74) is 5.69. The molecule has 0 fully saturated rings. The third-order valence-corrected chi connectivity index (χ3v) is 6.42. The summed E-state index contributed by atoms with van der Waals surface area (Å²) in [6.45, 7) is 6.08. The van der Waals surface area contributed by atoms with Crippen LogP contribution in [-0.2, 0) is 11.4 Å². The van der Waals surface area contributed by atoms with Crippen LogP contribution in [0.2, 0.25) is 5.02 Å². The van der Waals surface area contributed by atoms with E-state index in [0.29, 0.717) is 38.7 Å². The van der Waals surface area contributed by atoms with Crippen molar-refractivity contribution in [1.29, 1.82) is 0 Å². The number of nitrogens with zero attached hydrogens (tertiary/aromatic N) is 1. The molecule has 0 aliphatic rings. The molecule has 3 rings (SSSR count). The van der Waals surface area contributed by atoms with E-state index in [2.05, 4.69) is 31.8 Å². The summed E-state index contributed by atoms with van der Waals surface area (Å²) in [6.07, 6.45) is 1.49. The molecule has 0 spiro atoms. The van der Waals surface area contributed by atoms with Gasteiger partial charge in [-0.1, -0.05) is 67.4 Å². The number of carbonyl (C=O) groups excluding carboxylic acids is 2. The van der Waals surface area contributed by atoms with Crippen LogP contribution in [0, 0.1) is 12.8 Å². The summed E-state index contributed by atoms with van der Waals surface area (Å²) >= 11 is 9.64. The van der Waals surface area contributed by atoms with Crippen LogP contribution in [0.1, 0.15) is 40.9 Å². The summed E-state index contributed by atoms with van der Waals surface area (Å²) in [7, 11) is 1.55. The summed E-state index contributed by atoms with van der Waals surface area (Å²) in [4.78, 5) is 25.4. The maximum atomic E-state index is 12.8. The Kier molecular flexibility index (Phi) is 10.1. The summed E-state index contributed by atoms with van der Waals surface area (Å²) in [5.74, 6) is 0.0163. The predicted octanol–water partition coefficient (Wildman–Crippen LogP) is 5.90. The number of benzene rings is 3. The Hall–Kier alpha value is -3.36. The molecule has 0 saturated carbocycles. The second-order valence-corrected chi connectivity index (χ2v) is 9.98. The Labute approximate surface area is 230 Å². The number of halogens is 2. The van der Waals surface area contributed by atoms with Crippen molar-refractivity contribution in [2.24, 2.45) is 11.0 Å². The Balaban J connectivity index is 1.66. The molecule has 2 amide bonds. The minimum atomic E-state index is -0.806. The van der Waals surface area contributed by atoms with Gasteiger partial charge in [0.2, 0.25) is 0 Å². The highest BCUT2D eigenvalue weighted by molar-refractivity contribution is 9.10. The molecule has 9 heteroatoms. The maximum Gasteiger partial charge on any atom is 0.262 e. The van der Waals surface area contributed by atoms with Crippen LogP contribution >= 0.6 is 27.5 Å². The van der Waals surface area contributed by atoms with Gasteiger partial charge in [-0.25, -0.2) is 5.43 Å².